The van der Waals surface area contributed by atoms with Crippen molar-refractivity contribution in [1.29, 1.82) is 0 Å². The summed E-state index contributed by atoms with van der Waals surface area (Å²) in [7, 11) is -2.04. The zero-order valence-electron chi connectivity index (χ0n) is 15.6. The first-order valence-electron chi connectivity index (χ1n) is 9.28. The maximum atomic E-state index is 12.9. The second kappa shape index (κ2) is 7.73. The summed E-state index contributed by atoms with van der Waals surface area (Å²) < 4.78 is 33.9. The van der Waals surface area contributed by atoms with Crippen LogP contribution >= 0.6 is 0 Å². The van der Waals surface area contributed by atoms with Crippen LogP contribution in [0.2, 0.25) is 0 Å². The first-order valence-corrected chi connectivity index (χ1v) is 10.8. The van der Waals surface area contributed by atoms with Crippen molar-refractivity contribution in [2.24, 2.45) is 0 Å². The number of sulfonamides is 1. The summed E-state index contributed by atoms with van der Waals surface area (Å²) in [6.07, 6.45) is 2.78. The van der Waals surface area contributed by atoms with Crippen LogP contribution in [0.15, 0.2) is 71.6 Å². The summed E-state index contributed by atoms with van der Waals surface area (Å²) >= 11 is 0. The number of pyridine rings is 1. The molecule has 1 aromatic heterocycles. The molecule has 2 aromatic carbocycles. The third-order valence-corrected chi connectivity index (χ3v) is 6.55. The van der Waals surface area contributed by atoms with Gasteiger partial charge in [-0.2, -0.15) is 0 Å². The van der Waals surface area contributed by atoms with Gasteiger partial charge in [-0.15, -0.1) is 0 Å². The molecule has 0 amide bonds. The molecule has 1 atom stereocenters. The third kappa shape index (κ3) is 3.79. The number of aromatic nitrogens is 1. The van der Waals surface area contributed by atoms with E-state index in [4.69, 9.17) is 4.74 Å². The van der Waals surface area contributed by atoms with Crippen LogP contribution in [0, 0.1) is 0 Å². The van der Waals surface area contributed by atoms with Crippen LogP contribution in [0.1, 0.15) is 30.0 Å². The van der Waals surface area contributed by atoms with Crippen molar-refractivity contribution in [2.75, 3.05) is 7.11 Å². The molecule has 4 rings (SSSR count). The summed E-state index contributed by atoms with van der Waals surface area (Å²) in [6.45, 7) is 0. The summed E-state index contributed by atoms with van der Waals surface area (Å²) in [4.78, 5) is 4.64. The van der Waals surface area contributed by atoms with E-state index in [2.05, 4.69) is 15.8 Å². The molecule has 1 aliphatic rings. The molecule has 0 saturated heterocycles. The largest absolute Gasteiger partial charge is 0.481 e. The minimum Gasteiger partial charge on any atom is -0.481 e. The number of ether oxygens (including phenoxy) is 1. The molecule has 0 aliphatic heterocycles. The Morgan fingerprint density at radius 2 is 1.79 bits per heavy atom. The average Bonchev–Trinajstić information content (AvgIpc) is 2.74. The van der Waals surface area contributed by atoms with Crippen molar-refractivity contribution in [3.8, 4) is 17.1 Å². The first-order chi connectivity index (χ1) is 13.6. The van der Waals surface area contributed by atoms with Gasteiger partial charge in [-0.3, -0.25) is 0 Å². The number of hydrogen-bond acceptors (Lipinski definition) is 4. The molecule has 1 unspecified atom stereocenters. The molecule has 0 fully saturated rings. The Morgan fingerprint density at radius 1 is 1.00 bits per heavy atom. The molecule has 0 saturated carbocycles. The van der Waals surface area contributed by atoms with E-state index in [0.717, 1.165) is 36.1 Å². The SMILES string of the molecule is COc1cccc(-c2ccc(S(=O)(=O)NC3CCCc4ccccc43)cc2)n1. The molecule has 1 N–H and O–H groups in total. The number of fused-ring (bicyclic) bond motifs is 1. The molecule has 0 spiro atoms. The maximum absolute atomic E-state index is 12.9. The topological polar surface area (TPSA) is 68.3 Å². The number of hydrogen-bond donors (Lipinski definition) is 1. The van der Waals surface area contributed by atoms with Crippen molar-refractivity contribution in [1.82, 2.24) is 9.71 Å². The maximum Gasteiger partial charge on any atom is 0.241 e. The highest BCUT2D eigenvalue weighted by atomic mass is 32.2. The Morgan fingerprint density at radius 3 is 2.57 bits per heavy atom. The lowest BCUT2D eigenvalue weighted by atomic mass is 9.88. The zero-order chi connectivity index (χ0) is 19.6. The fourth-order valence-electron chi connectivity index (χ4n) is 3.63. The highest BCUT2D eigenvalue weighted by Gasteiger charge is 2.25. The fraction of sp³-hybridized carbons (Fsp3) is 0.227. The minimum atomic E-state index is -3.61. The molecular formula is C22H22N2O3S. The Labute approximate surface area is 165 Å². The third-order valence-electron chi connectivity index (χ3n) is 5.06. The fourth-order valence-corrected chi connectivity index (χ4v) is 4.88. The predicted octanol–water partition coefficient (Wildman–Crippen LogP) is 4.11. The minimum absolute atomic E-state index is 0.185. The second-order valence-electron chi connectivity index (χ2n) is 6.85. The molecule has 1 heterocycles. The lowest BCUT2D eigenvalue weighted by Crippen LogP contribution is -2.31. The van der Waals surface area contributed by atoms with Crippen molar-refractivity contribution >= 4 is 10.0 Å². The number of aryl methyl sites for hydroxylation is 1. The number of benzene rings is 2. The smallest absolute Gasteiger partial charge is 0.241 e. The van der Waals surface area contributed by atoms with Gasteiger partial charge in [-0.1, -0.05) is 42.5 Å². The van der Waals surface area contributed by atoms with Gasteiger partial charge in [0, 0.05) is 17.7 Å². The highest BCUT2D eigenvalue weighted by molar-refractivity contribution is 7.89. The van der Waals surface area contributed by atoms with Gasteiger partial charge in [0.2, 0.25) is 15.9 Å². The average molecular weight is 394 g/mol. The van der Waals surface area contributed by atoms with E-state index in [9.17, 15) is 8.42 Å². The van der Waals surface area contributed by atoms with E-state index < -0.39 is 10.0 Å². The Hall–Kier alpha value is -2.70. The summed E-state index contributed by atoms with van der Waals surface area (Å²) in [6, 6.07) is 20.1. The van der Waals surface area contributed by atoms with Crippen LogP contribution in [0.5, 0.6) is 5.88 Å². The van der Waals surface area contributed by atoms with Gasteiger partial charge in [0.25, 0.3) is 0 Å². The van der Waals surface area contributed by atoms with Crippen LogP contribution in [0.4, 0.5) is 0 Å². The van der Waals surface area contributed by atoms with Gasteiger partial charge in [0.1, 0.15) is 0 Å². The molecule has 0 radical (unpaired) electrons. The number of nitrogens with zero attached hydrogens (tertiary/aromatic N) is 1. The van der Waals surface area contributed by atoms with Crippen LogP contribution in [-0.2, 0) is 16.4 Å². The van der Waals surface area contributed by atoms with Gasteiger partial charge in [0.15, 0.2) is 0 Å². The summed E-state index contributed by atoms with van der Waals surface area (Å²) in [5, 5.41) is 0. The van der Waals surface area contributed by atoms with E-state index >= 15 is 0 Å². The van der Waals surface area contributed by atoms with Crippen LogP contribution in [-0.4, -0.2) is 20.5 Å². The lowest BCUT2D eigenvalue weighted by Gasteiger charge is -2.26. The molecule has 0 bridgehead atoms. The standard InChI is InChI=1S/C22H22N2O3S/c1-27-22-11-5-9-20(23-22)17-12-14-18(15-13-17)28(25,26)24-21-10-4-7-16-6-2-3-8-19(16)21/h2-3,5-6,8-9,11-15,21,24H,4,7,10H2,1H3. The van der Waals surface area contributed by atoms with Crippen LogP contribution in [0.25, 0.3) is 11.3 Å². The van der Waals surface area contributed by atoms with Crippen molar-refractivity contribution in [2.45, 2.75) is 30.2 Å². The van der Waals surface area contributed by atoms with Crippen LogP contribution < -0.4 is 9.46 Å². The number of methoxy groups -OCH3 is 1. The predicted molar refractivity (Wildman–Crippen MR) is 109 cm³/mol. The van der Waals surface area contributed by atoms with Crippen molar-refractivity contribution in [3.63, 3.8) is 0 Å². The highest BCUT2D eigenvalue weighted by Crippen LogP contribution is 2.31. The second-order valence-corrected chi connectivity index (χ2v) is 8.57. The van der Waals surface area contributed by atoms with E-state index in [1.54, 1.807) is 37.4 Å². The van der Waals surface area contributed by atoms with E-state index in [-0.39, 0.29) is 10.9 Å². The molecule has 28 heavy (non-hydrogen) atoms. The van der Waals surface area contributed by atoms with Gasteiger partial charge >= 0.3 is 0 Å². The Balaban J connectivity index is 1.57. The monoisotopic (exact) mass is 394 g/mol. The molecule has 144 valence electrons. The van der Waals surface area contributed by atoms with Crippen molar-refractivity contribution < 1.29 is 13.2 Å². The quantitative estimate of drug-likeness (QED) is 0.707. The van der Waals surface area contributed by atoms with Gasteiger partial charge in [0.05, 0.1) is 17.7 Å². The first kappa shape index (κ1) is 18.7. The summed E-state index contributed by atoms with van der Waals surface area (Å²) in [5.41, 5.74) is 3.87. The van der Waals surface area contributed by atoms with Crippen molar-refractivity contribution in [3.05, 3.63) is 77.9 Å². The lowest BCUT2D eigenvalue weighted by molar-refractivity contribution is 0.398. The van der Waals surface area contributed by atoms with Gasteiger partial charge in [-0.25, -0.2) is 18.1 Å². The van der Waals surface area contributed by atoms with Gasteiger partial charge in [-0.05, 0) is 48.6 Å². The van der Waals surface area contributed by atoms with E-state index in [0.29, 0.717) is 5.88 Å². The summed E-state index contributed by atoms with van der Waals surface area (Å²) in [5.74, 6) is 0.520. The Kier molecular flexibility index (Phi) is 5.15. The van der Waals surface area contributed by atoms with Gasteiger partial charge < -0.3 is 4.74 Å². The number of rotatable bonds is 5. The molecule has 1 aliphatic carbocycles. The van der Waals surface area contributed by atoms with Crippen LogP contribution in [0.3, 0.4) is 0 Å². The van der Waals surface area contributed by atoms with E-state index in [1.807, 2.05) is 30.3 Å². The molecule has 5 nitrogen and oxygen atoms in total. The molecular weight excluding hydrogens is 372 g/mol. The van der Waals surface area contributed by atoms with E-state index in [1.165, 1.54) is 5.56 Å². The Bertz CT molecular complexity index is 1080. The normalized spacial score (nSPS) is 16.4. The molecule has 6 heteroatoms. The zero-order valence-corrected chi connectivity index (χ0v) is 16.4. The number of nitrogens with one attached hydrogen (secondary N) is 1. The molecule has 3 aromatic rings.